The van der Waals surface area contributed by atoms with Gasteiger partial charge in [-0.05, 0) is 23.8 Å². The fourth-order valence-corrected chi connectivity index (χ4v) is 3.08. The van der Waals surface area contributed by atoms with Crippen LogP contribution in [0.15, 0.2) is 42.6 Å². The number of ether oxygens (including phenoxy) is 1. The van der Waals surface area contributed by atoms with Crippen LogP contribution in [0.5, 0.6) is 0 Å². The molecule has 2 heterocycles. The monoisotopic (exact) mass is 408 g/mol. The number of nitrogens with one attached hydrogen (secondary N) is 1. The Morgan fingerprint density at radius 3 is 2.55 bits per heavy atom. The first-order chi connectivity index (χ1) is 13.8. The Labute approximate surface area is 167 Å². The summed E-state index contributed by atoms with van der Waals surface area (Å²) in [6.07, 6.45) is -2.66. The summed E-state index contributed by atoms with van der Waals surface area (Å²) in [6.45, 7) is 3.26. The van der Waals surface area contributed by atoms with Crippen molar-refractivity contribution in [2.75, 3.05) is 38.3 Å². The molecule has 9 heteroatoms. The van der Waals surface area contributed by atoms with Crippen molar-refractivity contribution in [3.05, 3.63) is 59.3 Å². The number of anilines is 1. The number of urea groups is 1. The second kappa shape index (κ2) is 9.13. The van der Waals surface area contributed by atoms with Crippen LogP contribution in [-0.4, -0.2) is 49.3 Å². The van der Waals surface area contributed by atoms with Gasteiger partial charge in [0.25, 0.3) is 0 Å². The molecule has 156 valence electrons. The highest BCUT2D eigenvalue weighted by atomic mass is 19.4. The lowest BCUT2D eigenvalue weighted by molar-refractivity contribution is -0.137. The Hall–Kier alpha value is -2.81. The zero-order valence-electron chi connectivity index (χ0n) is 16.1. The Morgan fingerprint density at radius 1 is 1.21 bits per heavy atom. The summed E-state index contributed by atoms with van der Waals surface area (Å²) in [5.41, 5.74) is 0.803. The number of nitrogens with zero attached hydrogens (tertiary/aromatic N) is 3. The van der Waals surface area contributed by atoms with Gasteiger partial charge in [-0.15, -0.1) is 0 Å². The number of morpholine rings is 1. The molecule has 0 unspecified atom stereocenters. The number of rotatable bonds is 5. The number of hydrogen-bond acceptors (Lipinski definition) is 4. The summed E-state index contributed by atoms with van der Waals surface area (Å²) < 4.78 is 43.3. The van der Waals surface area contributed by atoms with E-state index in [2.05, 4.69) is 15.2 Å². The van der Waals surface area contributed by atoms with E-state index in [1.165, 1.54) is 17.0 Å². The first-order valence-electron chi connectivity index (χ1n) is 9.26. The van der Waals surface area contributed by atoms with Crippen molar-refractivity contribution >= 4 is 11.8 Å². The molecule has 0 atom stereocenters. The molecule has 0 saturated carbocycles. The van der Waals surface area contributed by atoms with Crippen molar-refractivity contribution < 1.29 is 22.7 Å². The Balaban J connectivity index is 1.57. The van der Waals surface area contributed by atoms with Crippen LogP contribution in [0.4, 0.5) is 23.8 Å². The molecular weight excluding hydrogens is 385 g/mol. The molecule has 29 heavy (non-hydrogen) atoms. The highest BCUT2D eigenvalue weighted by Crippen LogP contribution is 2.29. The fourth-order valence-electron chi connectivity index (χ4n) is 3.08. The molecule has 1 aromatic carbocycles. The number of hydrogen-bond donors (Lipinski definition) is 1. The maximum absolute atomic E-state index is 12.6. The van der Waals surface area contributed by atoms with E-state index in [0.29, 0.717) is 25.3 Å². The Bertz CT molecular complexity index is 821. The van der Waals surface area contributed by atoms with Crippen LogP contribution < -0.4 is 10.2 Å². The van der Waals surface area contributed by atoms with Crippen LogP contribution in [0.1, 0.15) is 16.7 Å². The molecule has 6 nitrogen and oxygen atoms in total. The third-order valence-electron chi connectivity index (χ3n) is 4.66. The zero-order valence-corrected chi connectivity index (χ0v) is 16.1. The third kappa shape index (κ3) is 5.60. The quantitative estimate of drug-likeness (QED) is 0.825. The van der Waals surface area contributed by atoms with Crippen LogP contribution in [-0.2, 0) is 24.0 Å². The average Bonchev–Trinajstić information content (AvgIpc) is 2.72. The molecule has 1 aliphatic rings. The molecule has 1 saturated heterocycles. The molecular formula is C20H23F3N4O2. The van der Waals surface area contributed by atoms with Crippen LogP contribution in [0.25, 0.3) is 0 Å². The first-order valence-corrected chi connectivity index (χ1v) is 9.26. The number of carbonyl (C=O) groups is 1. The predicted octanol–water partition coefficient (Wildman–Crippen LogP) is 3.28. The second-order valence-corrected chi connectivity index (χ2v) is 6.80. The topological polar surface area (TPSA) is 57.7 Å². The highest BCUT2D eigenvalue weighted by Gasteiger charge is 2.30. The van der Waals surface area contributed by atoms with E-state index in [9.17, 15) is 18.0 Å². The standard InChI is InChI=1S/C20H23F3N4O2/c1-26(14-15-4-6-17(7-5-15)20(21,22)23)19(28)25-13-16-3-2-8-24-18(16)27-9-11-29-12-10-27/h2-8H,9-14H2,1H3,(H,25,28). The van der Waals surface area contributed by atoms with Crippen molar-refractivity contribution in [2.45, 2.75) is 19.3 Å². The van der Waals surface area contributed by atoms with Crippen molar-refractivity contribution in [3.63, 3.8) is 0 Å². The van der Waals surface area contributed by atoms with Gasteiger partial charge in [-0.25, -0.2) is 9.78 Å². The van der Waals surface area contributed by atoms with E-state index in [1.54, 1.807) is 13.2 Å². The van der Waals surface area contributed by atoms with Gasteiger partial charge in [0.05, 0.1) is 18.8 Å². The van der Waals surface area contributed by atoms with E-state index in [1.807, 2.05) is 12.1 Å². The highest BCUT2D eigenvalue weighted by molar-refractivity contribution is 5.74. The molecule has 0 aliphatic carbocycles. The SMILES string of the molecule is CN(Cc1ccc(C(F)(F)F)cc1)C(=O)NCc1cccnc1N1CCOCC1. The van der Waals surface area contributed by atoms with E-state index < -0.39 is 11.7 Å². The molecule has 0 bridgehead atoms. The van der Waals surface area contributed by atoms with Crippen molar-refractivity contribution in [1.29, 1.82) is 0 Å². The lowest BCUT2D eigenvalue weighted by atomic mass is 10.1. The Kier molecular flexibility index (Phi) is 6.58. The minimum absolute atomic E-state index is 0.202. The van der Waals surface area contributed by atoms with Gasteiger partial charge in [0.2, 0.25) is 0 Å². The number of amides is 2. The lowest BCUT2D eigenvalue weighted by Crippen LogP contribution is -2.39. The van der Waals surface area contributed by atoms with E-state index in [0.717, 1.165) is 36.6 Å². The summed E-state index contributed by atoms with van der Waals surface area (Å²) in [7, 11) is 1.60. The van der Waals surface area contributed by atoms with Gasteiger partial charge in [0, 0.05) is 45.0 Å². The molecule has 1 N–H and O–H groups in total. The van der Waals surface area contributed by atoms with Gasteiger partial charge in [-0.1, -0.05) is 18.2 Å². The van der Waals surface area contributed by atoms with Gasteiger partial charge < -0.3 is 19.9 Å². The summed E-state index contributed by atoms with van der Waals surface area (Å²) in [5.74, 6) is 0.821. The normalized spacial score (nSPS) is 14.6. The molecule has 1 aromatic heterocycles. The van der Waals surface area contributed by atoms with Crippen LogP contribution in [0.2, 0.25) is 0 Å². The van der Waals surface area contributed by atoms with Gasteiger partial charge in [-0.3, -0.25) is 0 Å². The summed E-state index contributed by atoms with van der Waals surface area (Å²) in [5, 5.41) is 2.84. The fraction of sp³-hybridized carbons (Fsp3) is 0.400. The molecule has 1 fully saturated rings. The van der Waals surface area contributed by atoms with Gasteiger partial charge in [0.15, 0.2) is 0 Å². The van der Waals surface area contributed by atoms with E-state index in [4.69, 9.17) is 4.74 Å². The average molecular weight is 408 g/mol. The molecule has 0 spiro atoms. The zero-order chi connectivity index (χ0) is 20.9. The maximum atomic E-state index is 12.6. The molecule has 3 rings (SSSR count). The number of carbonyl (C=O) groups excluding carboxylic acids is 1. The molecule has 2 aromatic rings. The number of halogens is 3. The summed E-state index contributed by atoms with van der Waals surface area (Å²) in [6, 6.07) is 8.21. The lowest BCUT2D eigenvalue weighted by Gasteiger charge is -2.29. The van der Waals surface area contributed by atoms with Crippen LogP contribution >= 0.6 is 0 Å². The molecule has 1 aliphatic heterocycles. The summed E-state index contributed by atoms with van der Waals surface area (Å²) in [4.78, 5) is 20.4. The number of benzene rings is 1. The third-order valence-corrected chi connectivity index (χ3v) is 4.66. The largest absolute Gasteiger partial charge is 0.416 e. The Morgan fingerprint density at radius 2 is 1.90 bits per heavy atom. The van der Waals surface area contributed by atoms with Crippen molar-refractivity contribution in [1.82, 2.24) is 15.2 Å². The molecule has 2 amide bonds. The van der Waals surface area contributed by atoms with Gasteiger partial charge >= 0.3 is 12.2 Å². The van der Waals surface area contributed by atoms with Gasteiger partial charge in [0.1, 0.15) is 5.82 Å². The summed E-state index contributed by atoms with van der Waals surface area (Å²) >= 11 is 0. The first kappa shape index (κ1) is 20.9. The van der Waals surface area contributed by atoms with E-state index in [-0.39, 0.29) is 12.6 Å². The smallest absolute Gasteiger partial charge is 0.378 e. The predicted molar refractivity (Wildman–Crippen MR) is 102 cm³/mol. The van der Waals surface area contributed by atoms with E-state index >= 15 is 0 Å². The minimum atomic E-state index is -4.37. The van der Waals surface area contributed by atoms with Crippen molar-refractivity contribution in [3.8, 4) is 0 Å². The number of alkyl halides is 3. The number of aromatic nitrogens is 1. The minimum Gasteiger partial charge on any atom is -0.378 e. The van der Waals surface area contributed by atoms with Crippen LogP contribution in [0.3, 0.4) is 0 Å². The van der Waals surface area contributed by atoms with Crippen LogP contribution in [0, 0.1) is 0 Å². The van der Waals surface area contributed by atoms with Crippen molar-refractivity contribution in [2.24, 2.45) is 0 Å². The maximum Gasteiger partial charge on any atom is 0.416 e. The number of pyridine rings is 1. The van der Waals surface area contributed by atoms with Gasteiger partial charge in [-0.2, -0.15) is 13.2 Å². The molecule has 0 radical (unpaired) electrons. The second-order valence-electron chi connectivity index (χ2n) is 6.80.